The maximum Gasteiger partial charge on any atom is 0.508 e. The third kappa shape index (κ3) is 6.49. The summed E-state index contributed by atoms with van der Waals surface area (Å²) >= 11 is 0. The van der Waals surface area contributed by atoms with Crippen molar-refractivity contribution in [1.29, 1.82) is 0 Å². The van der Waals surface area contributed by atoms with Crippen LogP contribution in [0.2, 0.25) is 0 Å². The van der Waals surface area contributed by atoms with Crippen molar-refractivity contribution in [2.45, 2.75) is 150 Å². The van der Waals surface area contributed by atoms with Gasteiger partial charge in [-0.1, -0.05) is 98.1 Å². The molecule has 0 aliphatic heterocycles. The van der Waals surface area contributed by atoms with Crippen LogP contribution in [-0.2, 0) is 9.47 Å². The average molecular weight is 529 g/mol. The standard InChI is InChI=1S/C35H60O3/c1-7-8-9-10-11-23-37-33(36)38-28-19-21-34(5)27(24-28)15-16-29-31-18-17-30(26(4)14-12-13-25(2)3)35(31,6)22-20-32(29)34/h15,25-26,28-32H,7-14,16-24H2,1-6H3/t26-,28+,29+,30-,31+,32+,34+,35-/m1/s1. The highest BCUT2D eigenvalue weighted by molar-refractivity contribution is 5.60. The molecule has 0 aromatic rings. The Morgan fingerprint density at radius 2 is 1.74 bits per heavy atom. The minimum absolute atomic E-state index is 0.00475. The number of unbranched alkanes of at least 4 members (excludes halogenated alkanes) is 4. The second-order valence-electron chi connectivity index (χ2n) is 14.8. The first-order valence-electron chi connectivity index (χ1n) is 16.7. The zero-order chi connectivity index (χ0) is 27.3. The van der Waals surface area contributed by atoms with E-state index >= 15 is 0 Å². The van der Waals surface area contributed by atoms with Gasteiger partial charge in [0.25, 0.3) is 0 Å². The van der Waals surface area contributed by atoms with Crippen LogP contribution in [0.1, 0.15) is 144 Å². The van der Waals surface area contributed by atoms with Gasteiger partial charge in [-0.15, -0.1) is 0 Å². The number of allylic oxidation sites excluding steroid dienone is 1. The fourth-order valence-corrected chi connectivity index (χ4v) is 9.78. The predicted molar refractivity (Wildman–Crippen MR) is 158 cm³/mol. The smallest absolute Gasteiger partial charge is 0.434 e. The number of carbonyl (C=O) groups excluding carboxylic acids is 1. The van der Waals surface area contributed by atoms with Gasteiger partial charge < -0.3 is 9.47 Å². The van der Waals surface area contributed by atoms with Crippen molar-refractivity contribution >= 4 is 6.16 Å². The fraction of sp³-hybridized carbons (Fsp3) is 0.914. The molecule has 3 nitrogen and oxygen atoms in total. The van der Waals surface area contributed by atoms with Gasteiger partial charge in [0.2, 0.25) is 0 Å². The van der Waals surface area contributed by atoms with Gasteiger partial charge in [0, 0.05) is 6.42 Å². The summed E-state index contributed by atoms with van der Waals surface area (Å²) in [6.07, 6.45) is 22.2. The van der Waals surface area contributed by atoms with E-state index in [4.69, 9.17) is 9.47 Å². The second-order valence-corrected chi connectivity index (χ2v) is 14.8. The van der Waals surface area contributed by atoms with Crippen molar-refractivity contribution in [3.05, 3.63) is 11.6 Å². The van der Waals surface area contributed by atoms with Gasteiger partial charge in [-0.2, -0.15) is 0 Å². The van der Waals surface area contributed by atoms with E-state index in [1.807, 2.05) is 0 Å². The Kier molecular flexibility index (Phi) is 10.3. The first-order valence-corrected chi connectivity index (χ1v) is 16.7. The number of fused-ring (bicyclic) bond motifs is 5. The molecule has 4 rings (SSSR count). The molecule has 4 aliphatic rings. The number of rotatable bonds is 12. The Balaban J connectivity index is 1.31. The minimum Gasteiger partial charge on any atom is -0.434 e. The van der Waals surface area contributed by atoms with Crippen LogP contribution in [0, 0.1) is 46.3 Å². The highest BCUT2D eigenvalue weighted by Gasteiger charge is 2.59. The maximum absolute atomic E-state index is 12.3. The summed E-state index contributed by atoms with van der Waals surface area (Å²) in [5.41, 5.74) is 2.43. The summed E-state index contributed by atoms with van der Waals surface area (Å²) in [7, 11) is 0. The fourth-order valence-electron chi connectivity index (χ4n) is 9.78. The van der Waals surface area contributed by atoms with Crippen molar-refractivity contribution in [3.63, 3.8) is 0 Å². The third-order valence-corrected chi connectivity index (χ3v) is 12.0. The minimum atomic E-state index is -0.448. The average Bonchev–Trinajstić information content (AvgIpc) is 3.23. The first kappa shape index (κ1) is 30.0. The molecule has 3 fully saturated rings. The van der Waals surface area contributed by atoms with Gasteiger partial charge in [0.05, 0.1) is 6.61 Å². The monoisotopic (exact) mass is 528 g/mol. The zero-order valence-electron chi connectivity index (χ0n) is 25.9. The third-order valence-electron chi connectivity index (χ3n) is 12.0. The van der Waals surface area contributed by atoms with Gasteiger partial charge in [-0.25, -0.2) is 4.79 Å². The molecule has 0 saturated heterocycles. The Morgan fingerprint density at radius 1 is 0.947 bits per heavy atom. The SMILES string of the molecule is CCCCCCCOC(=O)O[C@H]1CC[C@@]2(C)C(=CC[C@H]3[C@@H]4CC[C@H]([C@H](C)CCCC(C)C)[C@@]4(C)CC[C@@H]32)C1. The molecule has 0 bridgehead atoms. The van der Waals surface area contributed by atoms with Crippen LogP contribution in [-0.4, -0.2) is 18.9 Å². The molecular formula is C35H60O3. The van der Waals surface area contributed by atoms with E-state index in [1.54, 1.807) is 5.57 Å². The molecule has 0 aromatic heterocycles. The molecule has 0 unspecified atom stereocenters. The van der Waals surface area contributed by atoms with Gasteiger partial charge in [-0.3, -0.25) is 0 Å². The van der Waals surface area contributed by atoms with Crippen LogP contribution in [0.15, 0.2) is 11.6 Å². The lowest BCUT2D eigenvalue weighted by atomic mass is 9.47. The molecule has 4 aliphatic carbocycles. The summed E-state index contributed by atoms with van der Waals surface area (Å²) in [5.74, 6) is 5.18. The zero-order valence-corrected chi connectivity index (χ0v) is 25.9. The molecule has 0 N–H and O–H groups in total. The van der Waals surface area contributed by atoms with E-state index in [0.717, 1.165) is 67.6 Å². The topological polar surface area (TPSA) is 35.5 Å². The maximum atomic E-state index is 12.3. The van der Waals surface area contributed by atoms with Crippen LogP contribution >= 0.6 is 0 Å². The van der Waals surface area contributed by atoms with Crippen LogP contribution in [0.25, 0.3) is 0 Å². The largest absolute Gasteiger partial charge is 0.508 e. The number of hydrogen-bond acceptors (Lipinski definition) is 3. The normalized spacial score (nSPS) is 37.1. The van der Waals surface area contributed by atoms with Crippen molar-refractivity contribution < 1.29 is 14.3 Å². The Bertz CT molecular complexity index is 801. The van der Waals surface area contributed by atoms with Gasteiger partial charge >= 0.3 is 6.16 Å². The molecule has 0 spiro atoms. The van der Waals surface area contributed by atoms with E-state index in [1.165, 1.54) is 70.6 Å². The van der Waals surface area contributed by atoms with Gasteiger partial charge in [0.15, 0.2) is 0 Å². The van der Waals surface area contributed by atoms with Crippen LogP contribution in [0.5, 0.6) is 0 Å². The predicted octanol–water partition coefficient (Wildman–Crippen LogP) is 10.5. The quantitative estimate of drug-likeness (QED) is 0.143. The van der Waals surface area contributed by atoms with Crippen molar-refractivity contribution in [2.24, 2.45) is 46.3 Å². The van der Waals surface area contributed by atoms with E-state index in [9.17, 15) is 4.79 Å². The number of ether oxygens (including phenoxy) is 2. The Hall–Kier alpha value is -0.990. The van der Waals surface area contributed by atoms with Crippen LogP contribution in [0.3, 0.4) is 0 Å². The molecule has 0 heterocycles. The molecule has 38 heavy (non-hydrogen) atoms. The van der Waals surface area contributed by atoms with E-state index in [2.05, 4.69) is 47.6 Å². The second kappa shape index (κ2) is 13.1. The molecule has 0 radical (unpaired) electrons. The summed E-state index contributed by atoms with van der Waals surface area (Å²) in [6.45, 7) is 15.3. The lowest BCUT2D eigenvalue weighted by Crippen LogP contribution is -2.51. The summed E-state index contributed by atoms with van der Waals surface area (Å²) in [4.78, 5) is 12.3. The van der Waals surface area contributed by atoms with Gasteiger partial charge in [0.1, 0.15) is 6.10 Å². The van der Waals surface area contributed by atoms with E-state index in [-0.39, 0.29) is 6.10 Å². The highest BCUT2D eigenvalue weighted by atomic mass is 16.7. The number of hydrogen-bond donors (Lipinski definition) is 0. The van der Waals surface area contributed by atoms with Crippen molar-refractivity contribution in [2.75, 3.05) is 6.61 Å². The molecular weight excluding hydrogens is 468 g/mol. The van der Waals surface area contributed by atoms with Crippen molar-refractivity contribution in [3.8, 4) is 0 Å². The van der Waals surface area contributed by atoms with E-state index in [0.29, 0.717) is 17.4 Å². The number of carbonyl (C=O) groups is 1. The van der Waals surface area contributed by atoms with Crippen LogP contribution < -0.4 is 0 Å². The highest BCUT2D eigenvalue weighted by Crippen LogP contribution is 2.67. The van der Waals surface area contributed by atoms with Gasteiger partial charge in [-0.05, 0) is 97.7 Å². The summed E-state index contributed by atoms with van der Waals surface area (Å²) in [5, 5.41) is 0. The Labute approximate surface area is 235 Å². The molecule has 0 amide bonds. The van der Waals surface area contributed by atoms with E-state index < -0.39 is 6.16 Å². The first-order chi connectivity index (χ1) is 18.2. The Morgan fingerprint density at radius 3 is 2.50 bits per heavy atom. The molecule has 8 atom stereocenters. The molecule has 3 heteroatoms. The molecule has 0 aromatic carbocycles. The molecule has 218 valence electrons. The van der Waals surface area contributed by atoms with Crippen molar-refractivity contribution in [1.82, 2.24) is 0 Å². The van der Waals surface area contributed by atoms with Crippen LogP contribution in [0.4, 0.5) is 4.79 Å². The summed E-state index contributed by atoms with van der Waals surface area (Å²) < 4.78 is 11.2. The lowest BCUT2D eigenvalue weighted by molar-refractivity contribution is -0.0617. The molecule has 3 saturated carbocycles. The summed E-state index contributed by atoms with van der Waals surface area (Å²) in [6, 6.07) is 0. The lowest BCUT2D eigenvalue weighted by Gasteiger charge is -2.58.